The van der Waals surface area contributed by atoms with Crippen LogP contribution in [0.25, 0.3) is 0 Å². The van der Waals surface area contributed by atoms with Gasteiger partial charge in [-0.1, -0.05) is 310 Å². The van der Waals surface area contributed by atoms with E-state index in [4.69, 9.17) is 37.0 Å². The Balaban J connectivity index is 5.13. The van der Waals surface area contributed by atoms with Crippen molar-refractivity contribution in [3.05, 3.63) is 0 Å². The van der Waals surface area contributed by atoms with Crippen LogP contribution in [0.2, 0.25) is 0 Å². The molecule has 0 aliphatic heterocycles. The Hall–Kier alpha value is -1.94. The fourth-order valence-corrected chi connectivity index (χ4v) is 12.1. The van der Waals surface area contributed by atoms with Crippen LogP contribution < -0.4 is 0 Å². The molecule has 0 bridgehead atoms. The normalized spacial score (nSPS) is 14.0. The third-order valence-electron chi connectivity index (χ3n) is 16.1. The third kappa shape index (κ3) is 62.8. The highest BCUT2D eigenvalue weighted by Gasteiger charge is 2.30. The van der Waals surface area contributed by atoms with Crippen molar-refractivity contribution in [3.63, 3.8) is 0 Å². The molecule has 19 heteroatoms. The molecular formula is C69H134O17P2. The third-order valence-corrected chi connectivity index (χ3v) is 18.0. The van der Waals surface area contributed by atoms with Gasteiger partial charge < -0.3 is 33.8 Å². The maximum Gasteiger partial charge on any atom is 0.472 e. The van der Waals surface area contributed by atoms with Crippen LogP contribution in [0.1, 0.15) is 362 Å². The molecule has 2 unspecified atom stereocenters. The van der Waals surface area contributed by atoms with Crippen LogP contribution in [-0.4, -0.2) is 96.7 Å². The van der Waals surface area contributed by atoms with Crippen molar-refractivity contribution in [2.45, 2.75) is 380 Å². The maximum absolute atomic E-state index is 13.0. The molecular weight excluding hydrogens is 1160 g/mol. The summed E-state index contributed by atoms with van der Waals surface area (Å²) in [6.07, 6.45) is 51.8. The monoisotopic (exact) mass is 1300 g/mol. The molecule has 88 heavy (non-hydrogen) atoms. The fraction of sp³-hybridized carbons (Fsp3) is 0.942. The molecule has 0 saturated carbocycles. The van der Waals surface area contributed by atoms with E-state index < -0.39 is 97.5 Å². The predicted molar refractivity (Wildman–Crippen MR) is 354 cm³/mol. The van der Waals surface area contributed by atoms with E-state index in [1.165, 1.54) is 186 Å². The SMILES string of the molecule is CCCCCCCCCCCCCCCCCCCCC(=O)O[C@H](COC(=O)CCCCCCCCCCCCCCCCCC)COP(=O)(O)OC[C@@H](O)COP(=O)(O)OC[C@@H](COC(=O)CCCCCCC)OC(=O)CCCCCCCCCCC. The second-order valence-corrected chi connectivity index (χ2v) is 27.8. The lowest BCUT2D eigenvalue weighted by Gasteiger charge is -2.21. The summed E-state index contributed by atoms with van der Waals surface area (Å²) in [6, 6.07) is 0. The zero-order chi connectivity index (χ0) is 64.7. The van der Waals surface area contributed by atoms with Gasteiger partial charge in [-0.2, -0.15) is 0 Å². The molecule has 17 nitrogen and oxygen atoms in total. The van der Waals surface area contributed by atoms with E-state index in [2.05, 4.69) is 27.7 Å². The van der Waals surface area contributed by atoms with Gasteiger partial charge in [-0.05, 0) is 25.7 Å². The summed E-state index contributed by atoms with van der Waals surface area (Å²) in [7, 11) is -9.88. The minimum Gasteiger partial charge on any atom is -0.462 e. The number of rotatable bonds is 70. The van der Waals surface area contributed by atoms with Crippen LogP contribution in [0.3, 0.4) is 0 Å². The van der Waals surface area contributed by atoms with Gasteiger partial charge in [-0.3, -0.25) is 37.3 Å². The van der Waals surface area contributed by atoms with E-state index in [1.807, 2.05) is 0 Å². The highest BCUT2D eigenvalue weighted by molar-refractivity contribution is 7.47. The maximum atomic E-state index is 13.0. The number of phosphoric acid groups is 2. The number of ether oxygens (including phenoxy) is 4. The average molecular weight is 1300 g/mol. The number of phosphoric ester groups is 2. The van der Waals surface area contributed by atoms with Crippen molar-refractivity contribution >= 4 is 39.5 Å². The van der Waals surface area contributed by atoms with Crippen LogP contribution in [0, 0.1) is 0 Å². The first kappa shape index (κ1) is 86.1. The second kappa shape index (κ2) is 63.8. The molecule has 522 valence electrons. The molecule has 0 heterocycles. The van der Waals surface area contributed by atoms with E-state index >= 15 is 0 Å². The Bertz CT molecular complexity index is 1690. The van der Waals surface area contributed by atoms with Crippen LogP contribution in [0.15, 0.2) is 0 Å². The first-order chi connectivity index (χ1) is 42.7. The molecule has 0 radical (unpaired) electrons. The lowest BCUT2D eigenvalue weighted by molar-refractivity contribution is -0.161. The molecule has 0 spiro atoms. The van der Waals surface area contributed by atoms with E-state index in [0.717, 1.165) is 96.3 Å². The molecule has 3 N–H and O–H groups in total. The van der Waals surface area contributed by atoms with Crippen LogP contribution in [-0.2, 0) is 65.4 Å². The number of aliphatic hydroxyl groups is 1. The summed E-state index contributed by atoms with van der Waals surface area (Å²) < 4.78 is 68.0. The number of hydrogen-bond donors (Lipinski definition) is 3. The zero-order valence-corrected chi connectivity index (χ0v) is 58.5. The van der Waals surface area contributed by atoms with Crippen molar-refractivity contribution < 1.29 is 80.2 Å². The molecule has 0 aromatic rings. The van der Waals surface area contributed by atoms with Crippen molar-refractivity contribution in [1.82, 2.24) is 0 Å². The summed E-state index contributed by atoms with van der Waals surface area (Å²) in [4.78, 5) is 72.1. The van der Waals surface area contributed by atoms with Gasteiger partial charge in [0.1, 0.15) is 19.3 Å². The number of carbonyl (C=O) groups is 4. The molecule has 0 saturated heterocycles. The lowest BCUT2D eigenvalue weighted by atomic mass is 10.0. The second-order valence-electron chi connectivity index (χ2n) is 24.9. The molecule has 0 fully saturated rings. The van der Waals surface area contributed by atoms with Gasteiger partial charge in [0.05, 0.1) is 26.4 Å². The largest absolute Gasteiger partial charge is 0.472 e. The van der Waals surface area contributed by atoms with Gasteiger partial charge in [0, 0.05) is 25.7 Å². The molecule has 0 aromatic heterocycles. The molecule has 0 aliphatic carbocycles. The number of carbonyl (C=O) groups excluding carboxylic acids is 4. The topological polar surface area (TPSA) is 237 Å². The van der Waals surface area contributed by atoms with Crippen LogP contribution in [0.4, 0.5) is 0 Å². The van der Waals surface area contributed by atoms with Gasteiger partial charge in [-0.25, -0.2) is 9.13 Å². The average Bonchev–Trinajstić information content (AvgIpc) is 3.68. The number of unbranched alkanes of at least 4 members (excludes halogenated alkanes) is 44. The molecule has 5 atom stereocenters. The summed E-state index contributed by atoms with van der Waals surface area (Å²) in [5, 5.41) is 10.5. The molecule has 0 aromatic carbocycles. The number of hydrogen-bond acceptors (Lipinski definition) is 15. The van der Waals surface area contributed by atoms with E-state index in [-0.39, 0.29) is 25.7 Å². The Morgan fingerprint density at radius 3 is 0.670 bits per heavy atom. The van der Waals surface area contributed by atoms with Gasteiger partial charge in [-0.15, -0.1) is 0 Å². The number of esters is 4. The minimum absolute atomic E-state index is 0.105. The minimum atomic E-state index is -4.95. The molecule has 0 aliphatic rings. The Labute approximate surface area is 537 Å². The zero-order valence-electron chi connectivity index (χ0n) is 56.7. The Morgan fingerprint density at radius 1 is 0.273 bits per heavy atom. The van der Waals surface area contributed by atoms with Gasteiger partial charge in [0.15, 0.2) is 12.2 Å². The van der Waals surface area contributed by atoms with Crippen molar-refractivity contribution in [2.75, 3.05) is 39.6 Å². The summed E-state index contributed by atoms with van der Waals surface area (Å²) >= 11 is 0. The number of aliphatic hydroxyl groups excluding tert-OH is 1. The van der Waals surface area contributed by atoms with Crippen molar-refractivity contribution in [1.29, 1.82) is 0 Å². The van der Waals surface area contributed by atoms with E-state index in [9.17, 15) is 43.2 Å². The first-order valence-corrected chi connectivity index (χ1v) is 39.3. The van der Waals surface area contributed by atoms with Crippen molar-refractivity contribution in [2.24, 2.45) is 0 Å². The summed E-state index contributed by atoms with van der Waals surface area (Å²) in [5.74, 6) is -2.13. The van der Waals surface area contributed by atoms with Crippen molar-refractivity contribution in [3.8, 4) is 0 Å². The van der Waals surface area contributed by atoms with E-state index in [0.29, 0.717) is 25.7 Å². The quantitative estimate of drug-likeness (QED) is 0.0222. The predicted octanol–water partition coefficient (Wildman–Crippen LogP) is 19.9. The van der Waals surface area contributed by atoms with Gasteiger partial charge in [0.25, 0.3) is 0 Å². The van der Waals surface area contributed by atoms with Gasteiger partial charge in [0.2, 0.25) is 0 Å². The highest BCUT2D eigenvalue weighted by Crippen LogP contribution is 2.45. The Kier molecular flexibility index (Phi) is 62.4. The highest BCUT2D eigenvalue weighted by atomic mass is 31.2. The fourth-order valence-electron chi connectivity index (χ4n) is 10.5. The Morgan fingerprint density at radius 2 is 0.455 bits per heavy atom. The van der Waals surface area contributed by atoms with Gasteiger partial charge >= 0.3 is 39.5 Å². The first-order valence-electron chi connectivity index (χ1n) is 36.3. The van der Waals surface area contributed by atoms with Crippen LogP contribution in [0.5, 0.6) is 0 Å². The molecule has 0 amide bonds. The standard InChI is InChI=1S/C69H134O17P2/c1-5-9-13-17-20-23-25-27-29-31-32-34-36-38-41-44-48-52-56-69(74)86-65(60-80-67(72)54-50-46-42-40-37-35-33-30-28-26-24-21-18-14-10-6-2)62-84-88(77,78)82-58-63(70)57-81-87(75,76)83-61-64(59-79-66(71)53-49-45-16-12-8-4)85-68(73)55-51-47-43-39-22-19-15-11-7-3/h63-65,70H,5-62H2,1-4H3,(H,75,76)(H,77,78)/t63-,64+,65+/m0/s1. The van der Waals surface area contributed by atoms with Crippen LogP contribution >= 0.6 is 15.6 Å². The molecule has 0 rings (SSSR count). The summed E-state index contributed by atoms with van der Waals surface area (Å²) in [6.45, 7) is 4.83. The smallest absolute Gasteiger partial charge is 0.462 e. The summed E-state index contributed by atoms with van der Waals surface area (Å²) in [5.41, 5.74) is 0. The lowest BCUT2D eigenvalue weighted by Crippen LogP contribution is -2.30. The van der Waals surface area contributed by atoms with E-state index in [1.54, 1.807) is 0 Å².